The smallest absolute Gasteiger partial charge is 0.0940 e. The molecule has 0 aliphatic heterocycles. The summed E-state index contributed by atoms with van der Waals surface area (Å²) in [6.07, 6.45) is 0. The number of hydrogen-bond donors (Lipinski definition) is 0. The molecule has 0 aromatic rings. The Hall–Kier alpha value is -0.770. The van der Waals surface area contributed by atoms with Gasteiger partial charge in [0.15, 0.2) is 0 Å². The first-order valence-electron chi connectivity index (χ1n) is 1.18. The fourth-order valence-corrected chi connectivity index (χ4v) is 0. The van der Waals surface area contributed by atoms with Gasteiger partial charge in [0, 0.05) is 5.57 Å². The van der Waals surface area contributed by atoms with Crippen molar-refractivity contribution in [1.82, 2.24) is 0 Å². The van der Waals surface area contributed by atoms with Crippen molar-refractivity contribution in [3.8, 4) is 6.07 Å². The maximum absolute atomic E-state index is 7.73. The monoisotopic (exact) mass is 66.0 g/mol. The third kappa shape index (κ3) is 3.23. The first-order chi connectivity index (χ1) is 2.27. The Morgan fingerprint density at radius 2 is 2.00 bits per heavy atom. The van der Waals surface area contributed by atoms with Gasteiger partial charge in [-0.2, -0.15) is 5.26 Å². The Labute approximate surface area is 31.5 Å². The lowest BCUT2D eigenvalue weighted by Crippen LogP contribution is -1.53. The van der Waals surface area contributed by atoms with Gasteiger partial charge in [-0.05, 0) is 6.92 Å². The van der Waals surface area contributed by atoms with Crippen LogP contribution < -0.4 is 0 Å². The van der Waals surface area contributed by atoms with Gasteiger partial charge in [-0.3, -0.25) is 0 Å². The van der Waals surface area contributed by atoms with E-state index in [9.17, 15) is 0 Å². The Morgan fingerprint density at radius 3 is 2.00 bits per heavy atom. The molecule has 0 aliphatic carbocycles. The molecule has 0 saturated heterocycles. The quantitative estimate of drug-likeness (QED) is 0.385. The second kappa shape index (κ2) is 1.54. The zero-order valence-electron chi connectivity index (χ0n) is 2.86. The third-order valence-electron chi connectivity index (χ3n) is 0.158. The summed E-state index contributed by atoms with van der Waals surface area (Å²) in [5.74, 6) is 0. The summed E-state index contributed by atoms with van der Waals surface area (Å²) in [7, 11) is 0. The van der Waals surface area contributed by atoms with Gasteiger partial charge in [0.05, 0.1) is 6.07 Å². The maximum Gasteiger partial charge on any atom is 0.0940 e. The predicted molar refractivity (Wildman–Crippen MR) is 20.1 cm³/mol. The van der Waals surface area contributed by atoms with Gasteiger partial charge in [0.1, 0.15) is 0 Å². The second-order valence-electron chi connectivity index (χ2n) is 0.715. The number of allylic oxidation sites excluding steroid dienone is 1. The van der Waals surface area contributed by atoms with Crippen molar-refractivity contribution in [2.45, 2.75) is 0 Å². The fraction of sp³-hybridized carbons (Fsp3) is 0. The highest BCUT2D eigenvalue weighted by Crippen LogP contribution is 1.73. The van der Waals surface area contributed by atoms with Crippen molar-refractivity contribution in [3.05, 3.63) is 19.1 Å². The second-order valence-corrected chi connectivity index (χ2v) is 0.715. The van der Waals surface area contributed by atoms with Crippen LogP contribution >= 0.6 is 0 Å². The molecule has 0 unspecified atom stereocenters. The SMILES string of the molecule is [CH2]C(=C)C#N. The first-order valence-corrected chi connectivity index (χ1v) is 1.18. The minimum absolute atomic E-state index is 0.310. The molecule has 0 amide bonds. The summed E-state index contributed by atoms with van der Waals surface area (Å²) in [4.78, 5) is 0. The summed E-state index contributed by atoms with van der Waals surface area (Å²) in [6.45, 7) is 6.40. The van der Waals surface area contributed by atoms with E-state index in [0.717, 1.165) is 0 Å². The number of nitriles is 1. The molecule has 1 radical (unpaired) electrons. The Kier molecular flexibility index (Phi) is 1.30. The Morgan fingerprint density at radius 1 is 1.80 bits per heavy atom. The summed E-state index contributed by atoms with van der Waals surface area (Å²) < 4.78 is 0. The van der Waals surface area contributed by atoms with Crippen molar-refractivity contribution < 1.29 is 0 Å². The van der Waals surface area contributed by atoms with Crippen LogP contribution in [0.5, 0.6) is 0 Å². The third-order valence-corrected chi connectivity index (χ3v) is 0.158. The average Bonchev–Trinajstić information content (AvgIpc) is 1.38. The van der Waals surface area contributed by atoms with Crippen molar-refractivity contribution in [1.29, 1.82) is 5.26 Å². The molecule has 0 aliphatic rings. The van der Waals surface area contributed by atoms with Gasteiger partial charge >= 0.3 is 0 Å². The van der Waals surface area contributed by atoms with Gasteiger partial charge in [-0.15, -0.1) is 0 Å². The van der Waals surface area contributed by atoms with Crippen LogP contribution in [0.1, 0.15) is 0 Å². The number of nitrogens with zero attached hydrogens (tertiary/aromatic N) is 1. The molecular weight excluding hydrogens is 62.1 g/mol. The van der Waals surface area contributed by atoms with Crippen molar-refractivity contribution in [3.63, 3.8) is 0 Å². The van der Waals surface area contributed by atoms with Gasteiger partial charge in [0.2, 0.25) is 0 Å². The summed E-state index contributed by atoms with van der Waals surface area (Å²) >= 11 is 0. The van der Waals surface area contributed by atoms with Gasteiger partial charge in [-0.25, -0.2) is 0 Å². The molecular formula is C4H4N. The minimum Gasteiger partial charge on any atom is -0.193 e. The molecule has 0 aromatic heterocycles. The lowest BCUT2D eigenvalue weighted by molar-refractivity contribution is 1.51. The van der Waals surface area contributed by atoms with E-state index in [1.807, 2.05) is 0 Å². The van der Waals surface area contributed by atoms with E-state index in [1.165, 1.54) is 0 Å². The van der Waals surface area contributed by atoms with E-state index >= 15 is 0 Å². The molecule has 0 rings (SSSR count). The molecule has 0 N–H and O–H groups in total. The Bertz CT molecular complexity index is 76.1. The van der Waals surface area contributed by atoms with E-state index in [2.05, 4.69) is 13.5 Å². The van der Waals surface area contributed by atoms with Crippen molar-refractivity contribution >= 4 is 0 Å². The van der Waals surface area contributed by atoms with Crippen molar-refractivity contribution in [2.24, 2.45) is 0 Å². The van der Waals surface area contributed by atoms with Crippen LogP contribution in [0, 0.1) is 18.3 Å². The molecule has 0 fully saturated rings. The number of rotatable bonds is 0. The van der Waals surface area contributed by atoms with E-state index in [-0.39, 0.29) is 0 Å². The molecule has 0 atom stereocenters. The van der Waals surface area contributed by atoms with Crippen LogP contribution in [-0.4, -0.2) is 0 Å². The molecule has 0 bridgehead atoms. The lowest BCUT2D eigenvalue weighted by atomic mass is 10.4. The van der Waals surface area contributed by atoms with Crippen LogP contribution in [0.3, 0.4) is 0 Å². The normalized spacial score (nSPS) is 5.60. The van der Waals surface area contributed by atoms with E-state index in [0.29, 0.717) is 5.57 Å². The van der Waals surface area contributed by atoms with Crippen LogP contribution in [0.2, 0.25) is 0 Å². The molecule has 1 nitrogen and oxygen atoms in total. The molecule has 0 saturated carbocycles. The highest BCUT2D eigenvalue weighted by molar-refractivity contribution is 5.17. The Balaban J connectivity index is 3.35. The minimum atomic E-state index is 0.310. The average molecular weight is 66.1 g/mol. The fourth-order valence-electron chi connectivity index (χ4n) is 0. The lowest BCUT2D eigenvalue weighted by Gasteiger charge is -1.61. The molecule has 25 valence electrons. The van der Waals surface area contributed by atoms with Crippen LogP contribution in [0.25, 0.3) is 0 Å². The highest BCUT2D eigenvalue weighted by Gasteiger charge is 1.65. The largest absolute Gasteiger partial charge is 0.193 e. The van der Waals surface area contributed by atoms with Crippen LogP contribution in [-0.2, 0) is 0 Å². The zero-order valence-corrected chi connectivity index (χ0v) is 2.86. The molecule has 0 spiro atoms. The standard InChI is InChI=1S/C4H4N/c1-4(2)3-5/h1-2H2. The van der Waals surface area contributed by atoms with Crippen molar-refractivity contribution in [2.75, 3.05) is 0 Å². The molecule has 5 heavy (non-hydrogen) atoms. The van der Waals surface area contributed by atoms with Gasteiger partial charge in [-0.1, -0.05) is 6.58 Å². The first kappa shape index (κ1) is 4.23. The van der Waals surface area contributed by atoms with E-state index < -0.39 is 0 Å². The highest BCUT2D eigenvalue weighted by atomic mass is 14.2. The zero-order chi connectivity index (χ0) is 4.28. The van der Waals surface area contributed by atoms with Crippen LogP contribution in [0.4, 0.5) is 0 Å². The molecule has 0 aromatic carbocycles. The van der Waals surface area contributed by atoms with Crippen LogP contribution in [0.15, 0.2) is 12.2 Å². The number of hydrogen-bond acceptors (Lipinski definition) is 1. The topological polar surface area (TPSA) is 23.8 Å². The summed E-state index contributed by atoms with van der Waals surface area (Å²) in [6, 6.07) is 1.72. The summed E-state index contributed by atoms with van der Waals surface area (Å²) in [5, 5.41) is 7.73. The summed E-state index contributed by atoms with van der Waals surface area (Å²) in [5.41, 5.74) is 0.310. The molecule has 0 heterocycles. The van der Waals surface area contributed by atoms with E-state index in [4.69, 9.17) is 5.26 Å². The molecule has 1 heteroatoms. The maximum atomic E-state index is 7.73. The van der Waals surface area contributed by atoms with Gasteiger partial charge < -0.3 is 0 Å². The van der Waals surface area contributed by atoms with E-state index in [1.54, 1.807) is 6.07 Å². The predicted octanol–water partition coefficient (Wildman–Crippen LogP) is 0.900. The van der Waals surface area contributed by atoms with Gasteiger partial charge in [0.25, 0.3) is 0 Å².